The van der Waals surface area contributed by atoms with Gasteiger partial charge in [0.25, 0.3) is 11.5 Å². The van der Waals surface area contributed by atoms with Gasteiger partial charge in [0.05, 0.1) is 12.1 Å². The van der Waals surface area contributed by atoms with Crippen LogP contribution in [0.3, 0.4) is 0 Å². The van der Waals surface area contributed by atoms with Crippen LogP contribution in [0.4, 0.5) is 5.13 Å². The van der Waals surface area contributed by atoms with Crippen molar-refractivity contribution in [2.24, 2.45) is 5.73 Å². The van der Waals surface area contributed by atoms with Gasteiger partial charge in [-0.2, -0.15) is 0 Å². The summed E-state index contributed by atoms with van der Waals surface area (Å²) in [6, 6.07) is 8.71. The van der Waals surface area contributed by atoms with Crippen molar-refractivity contribution in [2.75, 3.05) is 5.32 Å². The van der Waals surface area contributed by atoms with E-state index in [0.29, 0.717) is 16.3 Å². The highest BCUT2D eigenvalue weighted by Gasteiger charge is 2.14. The number of benzene rings is 1. The quantitative estimate of drug-likeness (QED) is 0.668. The van der Waals surface area contributed by atoms with Gasteiger partial charge < -0.3 is 10.7 Å². The number of amides is 2. The van der Waals surface area contributed by atoms with E-state index in [2.05, 4.69) is 15.3 Å². The number of pyridine rings is 1. The summed E-state index contributed by atoms with van der Waals surface area (Å²) in [4.78, 5) is 41.9. The minimum absolute atomic E-state index is 0.00291. The highest BCUT2D eigenvalue weighted by atomic mass is 32.1. The molecule has 23 heavy (non-hydrogen) atoms. The zero-order valence-electron chi connectivity index (χ0n) is 11.8. The van der Waals surface area contributed by atoms with Gasteiger partial charge in [0.15, 0.2) is 5.13 Å². The third kappa shape index (κ3) is 3.27. The van der Waals surface area contributed by atoms with Crippen LogP contribution in [0.1, 0.15) is 16.1 Å². The number of nitrogens with zero attached hydrogens (tertiary/aromatic N) is 1. The standard InChI is InChI=1S/C15H12N4O3S/c16-12(20)6-9-7-23-15(17-9)19-14(22)10-5-8-3-1-2-4-11(8)18-13(10)21/h1-5,7H,6H2,(H2,16,20)(H,18,21)(H,17,19,22). The van der Waals surface area contributed by atoms with E-state index < -0.39 is 17.4 Å². The number of fused-ring (bicyclic) bond motifs is 1. The van der Waals surface area contributed by atoms with Crippen LogP contribution in [0.15, 0.2) is 40.5 Å². The van der Waals surface area contributed by atoms with Crippen LogP contribution in [0, 0.1) is 0 Å². The molecule has 0 aliphatic carbocycles. The molecule has 0 unspecified atom stereocenters. The second-order valence-electron chi connectivity index (χ2n) is 4.84. The number of hydrogen-bond acceptors (Lipinski definition) is 5. The largest absolute Gasteiger partial charge is 0.369 e. The summed E-state index contributed by atoms with van der Waals surface area (Å²) in [6.45, 7) is 0. The molecule has 116 valence electrons. The molecular formula is C15H12N4O3S. The van der Waals surface area contributed by atoms with Gasteiger partial charge in [0, 0.05) is 10.9 Å². The summed E-state index contributed by atoms with van der Waals surface area (Å²) in [5.74, 6) is -1.06. The van der Waals surface area contributed by atoms with Gasteiger partial charge in [0.1, 0.15) is 5.56 Å². The lowest BCUT2D eigenvalue weighted by Crippen LogP contribution is -2.23. The van der Waals surface area contributed by atoms with Gasteiger partial charge in [-0.1, -0.05) is 18.2 Å². The van der Waals surface area contributed by atoms with Crippen LogP contribution in [0.25, 0.3) is 10.9 Å². The van der Waals surface area contributed by atoms with E-state index in [1.807, 2.05) is 6.07 Å². The molecule has 3 aromatic rings. The number of rotatable bonds is 4. The van der Waals surface area contributed by atoms with Crippen LogP contribution >= 0.6 is 11.3 Å². The molecule has 0 spiro atoms. The normalized spacial score (nSPS) is 10.6. The van der Waals surface area contributed by atoms with E-state index in [9.17, 15) is 14.4 Å². The molecule has 0 bridgehead atoms. The van der Waals surface area contributed by atoms with Gasteiger partial charge in [-0.25, -0.2) is 4.98 Å². The van der Waals surface area contributed by atoms with Crippen LogP contribution in [0.2, 0.25) is 0 Å². The Morgan fingerprint density at radius 2 is 2.09 bits per heavy atom. The minimum Gasteiger partial charge on any atom is -0.369 e. The SMILES string of the molecule is NC(=O)Cc1csc(NC(=O)c2cc3ccccc3[nH]c2=O)n1. The van der Waals surface area contributed by atoms with Gasteiger partial charge in [-0.15, -0.1) is 11.3 Å². The number of hydrogen-bond donors (Lipinski definition) is 3. The second kappa shape index (κ2) is 6.01. The maximum absolute atomic E-state index is 12.3. The molecule has 2 aromatic heterocycles. The third-order valence-electron chi connectivity index (χ3n) is 3.13. The predicted octanol–water partition coefficient (Wildman–Crippen LogP) is 1.26. The van der Waals surface area contributed by atoms with Gasteiger partial charge in [-0.3, -0.25) is 19.7 Å². The molecule has 0 saturated carbocycles. The van der Waals surface area contributed by atoms with E-state index in [0.717, 1.165) is 16.7 Å². The molecule has 0 fully saturated rings. The zero-order chi connectivity index (χ0) is 16.4. The Hall–Kier alpha value is -3.00. The van der Waals surface area contributed by atoms with E-state index >= 15 is 0 Å². The van der Waals surface area contributed by atoms with E-state index in [1.54, 1.807) is 23.6 Å². The highest BCUT2D eigenvalue weighted by Crippen LogP contribution is 2.17. The number of nitrogens with two attached hydrogens (primary N) is 1. The molecular weight excluding hydrogens is 316 g/mol. The van der Waals surface area contributed by atoms with Gasteiger partial charge in [0.2, 0.25) is 5.91 Å². The van der Waals surface area contributed by atoms with Crippen molar-refractivity contribution in [3.63, 3.8) is 0 Å². The average molecular weight is 328 g/mol. The number of aromatic nitrogens is 2. The summed E-state index contributed by atoms with van der Waals surface area (Å²) >= 11 is 1.16. The Morgan fingerprint density at radius 3 is 2.87 bits per heavy atom. The summed E-state index contributed by atoms with van der Waals surface area (Å²) in [5.41, 5.74) is 5.75. The maximum Gasteiger partial charge on any atom is 0.263 e. The minimum atomic E-state index is -0.558. The Bertz CT molecular complexity index is 961. The van der Waals surface area contributed by atoms with Crippen molar-refractivity contribution in [2.45, 2.75) is 6.42 Å². The zero-order valence-corrected chi connectivity index (χ0v) is 12.6. The Morgan fingerprint density at radius 1 is 1.30 bits per heavy atom. The van der Waals surface area contributed by atoms with Crippen molar-refractivity contribution < 1.29 is 9.59 Å². The molecule has 4 N–H and O–H groups in total. The summed E-state index contributed by atoms with van der Waals surface area (Å²) in [7, 11) is 0. The summed E-state index contributed by atoms with van der Waals surface area (Å²) < 4.78 is 0. The van der Waals surface area contributed by atoms with Gasteiger partial charge in [-0.05, 0) is 17.5 Å². The van der Waals surface area contributed by atoms with Crippen molar-refractivity contribution in [3.8, 4) is 0 Å². The number of carbonyl (C=O) groups excluding carboxylic acids is 2. The van der Waals surface area contributed by atoms with Crippen LogP contribution in [0.5, 0.6) is 0 Å². The lowest BCUT2D eigenvalue weighted by molar-refractivity contribution is -0.117. The number of nitrogens with one attached hydrogen (secondary N) is 2. The fourth-order valence-corrected chi connectivity index (χ4v) is 2.81. The molecule has 0 atom stereocenters. The van der Waals surface area contributed by atoms with Gasteiger partial charge >= 0.3 is 0 Å². The molecule has 3 rings (SSSR count). The molecule has 0 radical (unpaired) electrons. The number of para-hydroxylation sites is 1. The number of H-pyrrole nitrogens is 1. The van der Waals surface area contributed by atoms with E-state index in [1.165, 1.54) is 6.07 Å². The average Bonchev–Trinajstić information content (AvgIpc) is 2.92. The Labute approximate surface area is 134 Å². The molecule has 0 aliphatic rings. The van der Waals surface area contributed by atoms with Crippen molar-refractivity contribution in [1.29, 1.82) is 0 Å². The number of thiazole rings is 1. The fraction of sp³-hybridized carbons (Fsp3) is 0.0667. The maximum atomic E-state index is 12.3. The predicted molar refractivity (Wildman–Crippen MR) is 87.5 cm³/mol. The van der Waals surface area contributed by atoms with Crippen LogP contribution < -0.4 is 16.6 Å². The number of primary amides is 1. The first-order valence-corrected chi connectivity index (χ1v) is 7.57. The Balaban J connectivity index is 1.85. The lowest BCUT2D eigenvalue weighted by atomic mass is 10.1. The number of carbonyl (C=O) groups is 2. The first-order chi connectivity index (χ1) is 11.0. The summed E-state index contributed by atoms with van der Waals surface area (Å²) in [5, 5.41) is 5.24. The topological polar surface area (TPSA) is 118 Å². The Kier molecular flexibility index (Phi) is 3.90. The van der Waals surface area contributed by atoms with Crippen molar-refractivity contribution in [1.82, 2.24) is 9.97 Å². The first-order valence-electron chi connectivity index (χ1n) is 6.69. The third-order valence-corrected chi connectivity index (χ3v) is 3.93. The number of aromatic amines is 1. The molecule has 1 aromatic carbocycles. The van der Waals surface area contributed by atoms with Crippen LogP contribution in [-0.4, -0.2) is 21.8 Å². The van der Waals surface area contributed by atoms with Crippen LogP contribution in [-0.2, 0) is 11.2 Å². The monoisotopic (exact) mass is 328 g/mol. The summed E-state index contributed by atoms with van der Waals surface area (Å²) in [6.07, 6.45) is 0.00291. The first kappa shape index (κ1) is 14.9. The molecule has 0 aliphatic heterocycles. The molecule has 0 saturated heterocycles. The fourth-order valence-electron chi connectivity index (χ4n) is 2.10. The van der Waals surface area contributed by atoms with E-state index in [4.69, 9.17) is 5.73 Å². The van der Waals surface area contributed by atoms with Crippen molar-refractivity contribution in [3.05, 3.63) is 57.3 Å². The molecule has 7 nitrogen and oxygen atoms in total. The lowest BCUT2D eigenvalue weighted by Gasteiger charge is -2.03. The molecule has 8 heteroatoms. The number of anilines is 1. The van der Waals surface area contributed by atoms with E-state index in [-0.39, 0.29) is 12.0 Å². The molecule has 2 amide bonds. The molecule has 2 heterocycles. The smallest absolute Gasteiger partial charge is 0.263 e. The van der Waals surface area contributed by atoms with Crippen molar-refractivity contribution >= 4 is 39.2 Å². The second-order valence-corrected chi connectivity index (χ2v) is 5.70. The highest BCUT2D eigenvalue weighted by molar-refractivity contribution is 7.14.